The van der Waals surface area contributed by atoms with Gasteiger partial charge in [0.15, 0.2) is 0 Å². The lowest BCUT2D eigenvalue weighted by Gasteiger charge is -2.15. The molecule has 0 spiro atoms. The van der Waals surface area contributed by atoms with Gasteiger partial charge in [0, 0.05) is 5.69 Å². The zero-order valence-corrected chi connectivity index (χ0v) is 10.3. The van der Waals surface area contributed by atoms with E-state index >= 15 is 0 Å². The van der Waals surface area contributed by atoms with Crippen molar-refractivity contribution >= 4 is 5.97 Å². The highest BCUT2D eigenvalue weighted by atomic mass is 16.4. The predicted molar refractivity (Wildman–Crippen MR) is 66.5 cm³/mol. The van der Waals surface area contributed by atoms with E-state index in [2.05, 4.69) is 4.98 Å². The highest BCUT2D eigenvalue weighted by Crippen LogP contribution is 2.21. The Morgan fingerprint density at radius 3 is 2.65 bits per heavy atom. The first-order valence-electron chi connectivity index (χ1n) is 6.47. The lowest BCUT2D eigenvalue weighted by molar-refractivity contribution is 0.0695. The number of carboxylic acid groups (broad SMARTS) is 1. The van der Waals surface area contributed by atoms with E-state index in [-0.39, 0.29) is 0 Å². The topological polar surface area (TPSA) is 50.2 Å². The van der Waals surface area contributed by atoms with Gasteiger partial charge in [-0.25, -0.2) is 4.79 Å². The van der Waals surface area contributed by atoms with E-state index in [1.54, 1.807) is 0 Å². The van der Waals surface area contributed by atoms with Crippen molar-refractivity contribution in [3.63, 3.8) is 0 Å². The fraction of sp³-hybridized carbons (Fsp3) is 0.571. The Hall–Kier alpha value is -1.38. The summed E-state index contributed by atoms with van der Waals surface area (Å²) in [5.74, 6) is -0.848. The SMILES string of the molecule is CCc1nc2c(cc1C(=O)O)CCCCCC2. The summed E-state index contributed by atoms with van der Waals surface area (Å²) < 4.78 is 0. The van der Waals surface area contributed by atoms with Gasteiger partial charge in [0.2, 0.25) is 0 Å². The number of aromatic carboxylic acids is 1. The summed E-state index contributed by atoms with van der Waals surface area (Å²) in [6, 6.07) is 1.86. The van der Waals surface area contributed by atoms with Gasteiger partial charge in [0.05, 0.1) is 11.3 Å². The van der Waals surface area contributed by atoms with Gasteiger partial charge in [-0.05, 0) is 43.7 Å². The fourth-order valence-corrected chi connectivity index (χ4v) is 2.48. The van der Waals surface area contributed by atoms with Crippen LogP contribution in [0.4, 0.5) is 0 Å². The summed E-state index contributed by atoms with van der Waals surface area (Å²) in [6.45, 7) is 1.96. The average Bonchev–Trinajstić information content (AvgIpc) is 2.28. The lowest BCUT2D eigenvalue weighted by atomic mass is 9.95. The molecule has 3 nitrogen and oxygen atoms in total. The molecule has 1 aliphatic carbocycles. The second-order valence-electron chi connectivity index (χ2n) is 4.66. The summed E-state index contributed by atoms with van der Waals surface area (Å²) in [5.41, 5.74) is 3.41. The Morgan fingerprint density at radius 2 is 2.00 bits per heavy atom. The van der Waals surface area contributed by atoms with Crippen LogP contribution in [0.3, 0.4) is 0 Å². The zero-order valence-electron chi connectivity index (χ0n) is 10.3. The van der Waals surface area contributed by atoms with Crippen LogP contribution >= 0.6 is 0 Å². The molecule has 0 atom stereocenters. The third-order valence-corrected chi connectivity index (χ3v) is 3.45. The fourth-order valence-electron chi connectivity index (χ4n) is 2.48. The molecular formula is C14H19NO2. The molecule has 1 aliphatic rings. The normalized spacial score (nSPS) is 15.8. The van der Waals surface area contributed by atoms with Crippen LogP contribution in [0.2, 0.25) is 0 Å². The molecular weight excluding hydrogens is 214 g/mol. The molecule has 0 radical (unpaired) electrons. The number of rotatable bonds is 2. The predicted octanol–water partition coefficient (Wildman–Crippen LogP) is 3.00. The van der Waals surface area contributed by atoms with Crippen LogP contribution < -0.4 is 0 Å². The number of aromatic nitrogens is 1. The summed E-state index contributed by atoms with van der Waals surface area (Å²) in [4.78, 5) is 15.8. The zero-order chi connectivity index (χ0) is 12.3. The molecule has 92 valence electrons. The smallest absolute Gasteiger partial charge is 0.337 e. The van der Waals surface area contributed by atoms with Crippen molar-refractivity contribution < 1.29 is 9.90 Å². The molecule has 0 saturated carbocycles. The second kappa shape index (κ2) is 5.30. The lowest BCUT2D eigenvalue weighted by Crippen LogP contribution is -2.11. The summed E-state index contributed by atoms with van der Waals surface area (Å²) in [7, 11) is 0. The minimum Gasteiger partial charge on any atom is -0.478 e. The number of carbonyl (C=O) groups is 1. The van der Waals surface area contributed by atoms with Gasteiger partial charge in [-0.3, -0.25) is 4.98 Å². The van der Waals surface area contributed by atoms with E-state index in [0.717, 1.165) is 36.2 Å². The Bertz CT molecular complexity index is 426. The molecule has 1 heterocycles. The summed E-state index contributed by atoms with van der Waals surface area (Å²) >= 11 is 0. The maximum absolute atomic E-state index is 11.2. The van der Waals surface area contributed by atoms with E-state index < -0.39 is 5.97 Å². The quantitative estimate of drug-likeness (QED) is 0.854. The van der Waals surface area contributed by atoms with Crippen LogP contribution in [0.1, 0.15) is 59.9 Å². The molecule has 1 aromatic heterocycles. The van der Waals surface area contributed by atoms with Crippen molar-refractivity contribution in [1.82, 2.24) is 4.98 Å². The van der Waals surface area contributed by atoms with Gasteiger partial charge in [0.1, 0.15) is 0 Å². The third kappa shape index (κ3) is 2.65. The highest BCUT2D eigenvalue weighted by Gasteiger charge is 2.16. The maximum Gasteiger partial charge on any atom is 0.337 e. The van der Waals surface area contributed by atoms with Crippen LogP contribution in [0.5, 0.6) is 0 Å². The Labute approximate surface area is 102 Å². The Kier molecular flexibility index (Phi) is 3.77. The van der Waals surface area contributed by atoms with Crippen LogP contribution in [0, 0.1) is 0 Å². The molecule has 1 aromatic rings. The molecule has 3 heteroatoms. The molecule has 0 unspecified atom stereocenters. The first kappa shape index (κ1) is 12.1. The molecule has 2 rings (SSSR count). The van der Waals surface area contributed by atoms with E-state index in [1.165, 1.54) is 19.3 Å². The van der Waals surface area contributed by atoms with Crippen LogP contribution in [-0.4, -0.2) is 16.1 Å². The average molecular weight is 233 g/mol. The monoisotopic (exact) mass is 233 g/mol. The van der Waals surface area contributed by atoms with Crippen molar-refractivity contribution in [2.75, 3.05) is 0 Å². The van der Waals surface area contributed by atoms with Crippen molar-refractivity contribution in [3.05, 3.63) is 28.6 Å². The van der Waals surface area contributed by atoms with E-state index in [9.17, 15) is 9.90 Å². The molecule has 0 aliphatic heterocycles. The largest absolute Gasteiger partial charge is 0.478 e. The molecule has 17 heavy (non-hydrogen) atoms. The van der Waals surface area contributed by atoms with E-state index in [4.69, 9.17) is 0 Å². The van der Waals surface area contributed by atoms with Crippen LogP contribution in [0.25, 0.3) is 0 Å². The third-order valence-electron chi connectivity index (χ3n) is 3.45. The Morgan fingerprint density at radius 1 is 1.29 bits per heavy atom. The van der Waals surface area contributed by atoms with Gasteiger partial charge in [-0.1, -0.05) is 19.8 Å². The van der Waals surface area contributed by atoms with Crippen molar-refractivity contribution in [2.45, 2.75) is 51.9 Å². The number of pyridine rings is 1. The number of carboxylic acids is 1. The van der Waals surface area contributed by atoms with Crippen molar-refractivity contribution in [1.29, 1.82) is 0 Å². The highest BCUT2D eigenvalue weighted by molar-refractivity contribution is 5.89. The number of hydrogen-bond donors (Lipinski definition) is 1. The first-order valence-corrected chi connectivity index (χ1v) is 6.47. The molecule has 1 N–H and O–H groups in total. The van der Waals surface area contributed by atoms with Crippen molar-refractivity contribution in [2.24, 2.45) is 0 Å². The van der Waals surface area contributed by atoms with Crippen LogP contribution in [-0.2, 0) is 19.3 Å². The second-order valence-corrected chi connectivity index (χ2v) is 4.66. The van der Waals surface area contributed by atoms with E-state index in [1.807, 2.05) is 13.0 Å². The van der Waals surface area contributed by atoms with Gasteiger partial charge < -0.3 is 5.11 Å². The molecule has 0 amide bonds. The molecule has 0 aromatic carbocycles. The molecule has 0 bridgehead atoms. The van der Waals surface area contributed by atoms with Gasteiger partial charge in [-0.2, -0.15) is 0 Å². The van der Waals surface area contributed by atoms with Crippen molar-refractivity contribution in [3.8, 4) is 0 Å². The van der Waals surface area contributed by atoms with Crippen LogP contribution in [0.15, 0.2) is 6.07 Å². The van der Waals surface area contributed by atoms with Gasteiger partial charge >= 0.3 is 5.97 Å². The minimum atomic E-state index is -0.848. The number of nitrogens with zero attached hydrogens (tertiary/aromatic N) is 1. The van der Waals surface area contributed by atoms with E-state index in [0.29, 0.717) is 12.0 Å². The van der Waals surface area contributed by atoms with Gasteiger partial charge in [-0.15, -0.1) is 0 Å². The molecule has 0 saturated heterocycles. The first-order chi connectivity index (χ1) is 8.22. The number of hydrogen-bond acceptors (Lipinski definition) is 2. The summed E-state index contributed by atoms with van der Waals surface area (Å²) in [6.07, 6.45) is 7.51. The molecule has 0 fully saturated rings. The number of aryl methyl sites for hydroxylation is 3. The minimum absolute atomic E-state index is 0.395. The standard InChI is InChI=1S/C14H19NO2/c1-2-12-11(14(16)17)9-10-7-5-3-4-6-8-13(10)15-12/h9H,2-8H2,1H3,(H,16,17). The maximum atomic E-state index is 11.2. The number of fused-ring (bicyclic) bond motifs is 1. The summed E-state index contributed by atoms with van der Waals surface area (Å²) in [5, 5.41) is 9.18. The Balaban J connectivity index is 2.44. The van der Waals surface area contributed by atoms with Gasteiger partial charge in [0.25, 0.3) is 0 Å².